The topological polar surface area (TPSA) is 67.6 Å². The van der Waals surface area contributed by atoms with E-state index >= 15 is 0 Å². The van der Waals surface area contributed by atoms with Gasteiger partial charge in [0, 0.05) is 42.8 Å². The smallest absolute Gasteiger partial charge is 0.270 e. The molecule has 1 atom stereocenters. The van der Waals surface area contributed by atoms with Crippen molar-refractivity contribution in [2.24, 2.45) is 0 Å². The minimum atomic E-state index is -0.381. The lowest BCUT2D eigenvalue weighted by Gasteiger charge is -2.30. The lowest BCUT2D eigenvalue weighted by molar-refractivity contribution is -0.385. The van der Waals surface area contributed by atoms with Gasteiger partial charge in [0.25, 0.3) is 5.69 Å². The van der Waals surface area contributed by atoms with Crippen LogP contribution in [-0.2, 0) is 11.3 Å². The lowest BCUT2D eigenvalue weighted by atomic mass is 10.2. The Kier molecular flexibility index (Phi) is 5.47. The Labute approximate surface area is 126 Å². The Balaban J connectivity index is 1.86. The van der Waals surface area contributed by atoms with E-state index in [2.05, 4.69) is 33.2 Å². The molecule has 1 N–H and O–H groups in total. The number of halogens is 1. The van der Waals surface area contributed by atoms with Crippen molar-refractivity contribution in [1.82, 2.24) is 10.2 Å². The maximum Gasteiger partial charge on any atom is 0.270 e. The third-order valence-electron chi connectivity index (χ3n) is 3.20. The van der Waals surface area contributed by atoms with Gasteiger partial charge in [-0.05, 0) is 18.7 Å². The number of morpholine rings is 1. The van der Waals surface area contributed by atoms with Crippen LogP contribution >= 0.6 is 15.9 Å². The van der Waals surface area contributed by atoms with E-state index in [0.29, 0.717) is 6.54 Å². The summed E-state index contributed by atoms with van der Waals surface area (Å²) in [6, 6.07) is 4.97. The van der Waals surface area contributed by atoms with E-state index in [9.17, 15) is 10.1 Å². The van der Waals surface area contributed by atoms with Gasteiger partial charge in [-0.25, -0.2) is 0 Å². The molecule has 0 radical (unpaired) electrons. The molecule has 1 aromatic rings. The quantitative estimate of drug-likeness (QED) is 0.651. The number of nitro groups is 1. The lowest BCUT2D eigenvalue weighted by Crippen LogP contribution is -2.44. The molecule has 2 rings (SSSR count). The third-order valence-corrected chi connectivity index (χ3v) is 3.65. The standard InChI is InChI=1S/C13H18BrN3O3/c1-16-2-3-20-13(9-16)8-15-7-10-4-11(14)6-12(5-10)17(18)19/h4-6,13,15H,2-3,7-9H2,1H3. The second kappa shape index (κ2) is 7.12. The number of hydrogen-bond acceptors (Lipinski definition) is 5. The van der Waals surface area contributed by atoms with E-state index in [4.69, 9.17) is 4.74 Å². The van der Waals surface area contributed by atoms with Crippen LogP contribution in [-0.4, -0.2) is 49.2 Å². The molecule has 7 heteroatoms. The highest BCUT2D eigenvalue weighted by atomic mass is 79.9. The van der Waals surface area contributed by atoms with Gasteiger partial charge in [-0.2, -0.15) is 0 Å². The summed E-state index contributed by atoms with van der Waals surface area (Å²) in [7, 11) is 2.08. The molecule has 110 valence electrons. The Bertz CT molecular complexity index is 484. The van der Waals surface area contributed by atoms with Gasteiger partial charge in [0.15, 0.2) is 0 Å². The molecule has 1 unspecified atom stereocenters. The first-order valence-corrected chi connectivity index (χ1v) is 7.28. The van der Waals surface area contributed by atoms with Crippen molar-refractivity contribution >= 4 is 21.6 Å². The van der Waals surface area contributed by atoms with Crippen molar-refractivity contribution in [3.63, 3.8) is 0 Å². The van der Waals surface area contributed by atoms with Crippen LogP contribution in [0.1, 0.15) is 5.56 Å². The molecule has 20 heavy (non-hydrogen) atoms. The van der Waals surface area contributed by atoms with Crippen LogP contribution < -0.4 is 5.32 Å². The Morgan fingerprint density at radius 3 is 3.05 bits per heavy atom. The maximum atomic E-state index is 10.8. The van der Waals surface area contributed by atoms with E-state index < -0.39 is 0 Å². The van der Waals surface area contributed by atoms with Crippen LogP contribution in [0.3, 0.4) is 0 Å². The molecule has 0 spiro atoms. The zero-order valence-corrected chi connectivity index (χ0v) is 12.9. The van der Waals surface area contributed by atoms with E-state index in [1.165, 1.54) is 6.07 Å². The Hall–Kier alpha value is -1.02. The molecule has 1 heterocycles. The maximum absolute atomic E-state index is 10.8. The van der Waals surface area contributed by atoms with Crippen molar-refractivity contribution in [3.05, 3.63) is 38.3 Å². The van der Waals surface area contributed by atoms with Gasteiger partial charge >= 0.3 is 0 Å². The van der Waals surface area contributed by atoms with Gasteiger partial charge < -0.3 is 15.0 Å². The second-order valence-electron chi connectivity index (χ2n) is 4.96. The van der Waals surface area contributed by atoms with Gasteiger partial charge in [-0.3, -0.25) is 10.1 Å². The first kappa shape index (κ1) is 15.4. The summed E-state index contributed by atoms with van der Waals surface area (Å²) in [6.45, 7) is 3.96. The first-order valence-electron chi connectivity index (χ1n) is 6.49. The Morgan fingerprint density at radius 2 is 2.35 bits per heavy atom. The largest absolute Gasteiger partial charge is 0.374 e. The van der Waals surface area contributed by atoms with Gasteiger partial charge in [-0.1, -0.05) is 15.9 Å². The number of ether oxygens (including phenoxy) is 1. The summed E-state index contributed by atoms with van der Waals surface area (Å²) in [5.41, 5.74) is 0.986. The predicted octanol–water partition coefficient (Wildman–Crippen LogP) is 1.78. The molecule has 1 fully saturated rings. The molecule has 6 nitrogen and oxygen atoms in total. The number of non-ortho nitro benzene ring substituents is 1. The molecule has 1 saturated heterocycles. The number of hydrogen-bond donors (Lipinski definition) is 1. The SMILES string of the molecule is CN1CCOC(CNCc2cc(Br)cc([N+](=O)[O-])c2)C1. The average Bonchev–Trinajstić information content (AvgIpc) is 2.38. The fraction of sp³-hybridized carbons (Fsp3) is 0.538. The van der Waals surface area contributed by atoms with Crippen molar-refractivity contribution in [2.75, 3.05) is 33.3 Å². The van der Waals surface area contributed by atoms with Crippen molar-refractivity contribution in [1.29, 1.82) is 0 Å². The highest BCUT2D eigenvalue weighted by Crippen LogP contribution is 2.21. The summed E-state index contributed by atoms with van der Waals surface area (Å²) in [6.07, 6.45) is 0.177. The Morgan fingerprint density at radius 1 is 1.55 bits per heavy atom. The molecule has 1 aliphatic heterocycles. The molecule has 0 aromatic heterocycles. The van der Waals surface area contributed by atoms with Gasteiger partial charge in [0.2, 0.25) is 0 Å². The molecule has 0 saturated carbocycles. The second-order valence-corrected chi connectivity index (χ2v) is 5.88. The number of nitrogens with one attached hydrogen (secondary N) is 1. The van der Waals surface area contributed by atoms with Crippen molar-refractivity contribution < 1.29 is 9.66 Å². The molecule has 1 aliphatic rings. The summed E-state index contributed by atoms with van der Waals surface area (Å²) in [5.74, 6) is 0. The van der Waals surface area contributed by atoms with Crippen LogP contribution in [0.15, 0.2) is 22.7 Å². The fourth-order valence-electron chi connectivity index (χ4n) is 2.21. The molecular formula is C13H18BrN3O3. The van der Waals surface area contributed by atoms with E-state index in [1.807, 2.05) is 6.07 Å². The zero-order valence-electron chi connectivity index (χ0n) is 11.3. The van der Waals surface area contributed by atoms with E-state index in [1.54, 1.807) is 6.07 Å². The molecule has 0 amide bonds. The fourth-order valence-corrected chi connectivity index (χ4v) is 2.74. The summed E-state index contributed by atoms with van der Waals surface area (Å²) in [5, 5.41) is 14.1. The van der Waals surface area contributed by atoms with Crippen molar-refractivity contribution in [3.8, 4) is 0 Å². The van der Waals surface area contributed by atoms with Crippen LogP contribution in [0.4, 0.5) is 5.69 Å². The normalized spacial score (nSPS) is 20.0. The minimum Gasteiger partial charge on any atom is -0.374 e. The van der Waals surface area contributed by atoms with Gasteiger partial charge in [0.1, 0.15) is 0 Å². The van der Waals surface area contributed by atoms with E-state index in [-0.39, 0.29) is 16.7 Å². The van der Waals surface area contributed by atoms with Crippen LogP contribution in [0.5, 0.6) is 0 Å². The van der Waals surface area contributed by atoms with E-state index in [0.717, 1.165) is 36.3 Å². The molecular weight excluding hydrogens is 326 g/mol. The van der Waals surface area contributed by atoms with Crippen LogP contribution in [0.2, 0.25) is 0 Å². The summed E-state index contributed by atoms with van der Waals surface area (Å²) >= 11 is 3.29. The summed E-state index contributed by atoms with van der Waals surface area (Å²) < 4.78 is 6.37. The van der Waals surface area contributed by atoms with Gasteiger partial charge in [-0.15, -0.1) is 0 Å². The molecule has 0 aliphatic carbocycles. The van der Waals surface area contributed by atoms with Crippen LogP contribution in [0, 0.1) is 10.1 Å². The number of benzene rings is 1. The molecule has 0 bridgehead atoms. The van der Waals surface area contributed by atoms with Crippen LogP contribution in [0.25, 0.3) is 0 Å². The predicted molar refractivity (Wildman–Crippen MR) is 79.7 cm³/mol. The number of nitrogens with zero attached hydrogens (tertiary/aromatic N) is 2. The summed E-state index contributed by atoms with van der Waals surface area (Å²) in [4.78, 5) is 12.7. The molecule has 1 aromatic carbocycles. The number of nitro benzene ring substituents is 1. The first-order chi connectivity index (χ1) is 9.54. The monoisotopic (exact) mass is 343 g/mol. The van der Waals surface area contributed by atoms with Crippen molar-refractivity contribution in [2.45, 2.75) is 12.6 Å². The minimum absolute atomic E-state index is 0.102. The third kappa shape index (κ3) is 4.52. The average molecular weight is 344 g/mol. The van der Waals surface area contributed by atoms with Gasteiger partial charge in [0.05, 0.1) is 17.6 Å². The highest BCUT2D eigenvalue weighted by molar-refractivity contribution is 9.10. The highest BCUT2D eigenvalue weighted by Gasteiger charge is 2.17. The number of likely N-dealkylation sites (N-methyl/N-ethyl adjacent to an activating group) is 1. The zero-order chi connectivity index (χ0) is 14.5. The number of rotatable bonds is 5.